The molecule has 3 heterocycles. The molecule has 2 fully saturated rings. The average Bonchev–Trinajstić information content (AvgIpc) is 3.05. The molecule has 138 valence electrons. The van der Waals surface area contributed by atoms with Crippen molar-refractivity contribution in [3.05, 3.63) is 12.3 Å². The first-order chi connectivity index (χ1) is 11.5. The number of pyridine rings is 1. The van der Waals surface area contributed by atoms with Crippen LogP contribution in [0.1, 0.15) is 61.3 Å². The predicted molar refractivity (Wildman–Crippen MR) is 102 cm³/mol. The molecule has 0 saturated carbocycles. The summed E-state index contributed by atoms with van der Waals surface area (Å²) in [6.45, 7) is 16.5. The van der Waals surface area contributed by atoms with Crippen LogP contribution in [-0.2, 0) is 9.31 Å². The van der Waals surface area contributed by atoms with Crippen LogP contribution in [-0.4, -0.2) is 42.0 Å². The third-order valence-corrected chi connectivity index (χ3v) is 5.23. The summed E-state index contributed by atoms with van der Waals surface area (Å²) in [5.41, 5.74) is 0.993. The minimum atomic E-state index is -0.400. The number of hydrogen-bond acceptors (Lipinski definition) is 5. The second-order valence-electron chi connectivity index (χ2n) is 9.09. The second-order valence-corrected chi connectivity index (χ2v) is 9.09. The topological polar surface area (TPSA) is 43.8 Å². The molecule has 0 aromatic carbocycles. The molecule has 0 N–H and O–H groups in total. The van der Waals surface area contributed by atoms with Crippen LogP contribution in [0, 0.1) is 0 Å². The first kappa shape index (κ1) is 18.5. The van der Waals surface area contributed by atoms with Crippen molar-refractivity contribution in [2.45, 2.75) is 78.1 Å². The molecule has 0 radical (unpaired) electrons. The van der Waals surface area contributed by atoms with Gasteiger partial charge in [-0.05, 0) is 67.4 Å². The molecule has 0 spiro atoms. The Hall–Kier alpha value is -1.27. The van der Waals surface area contributed by atoms with Crippen LogP contribution in [0.2, 0.25) is 0 Å². The van der Waals surface area contributed by atoms with Gasteiger partial charge in [-0.2, -0.15) is 0 Å². The first-order valence-corrected chi connectivity index (χ1v) is 9.28. The second kappa shape index (κ2) is 6.17. The van der Waals surface area contributed by atoms with Crippen molar-refractivity contribution < 1.29 is 14.0 Å². The zero-order valence-electron chi connectivity index (χ0n) is 16.7. The van der Waals surface area contributed by atoms with E-state index in [1.54, 1.807) is 0 Å². The summed E-state index contributed by atoms with van der Waals surface area (Å²) in [5, 5.41) is 0. The number of rotatable bonds is 3. The van der Waals surface area contributed by atoms with Crippen molar-refractivity contribution in [1.82, 2.24) is 4.98 Å². The van der Waals surface area contributed by atoms with Crippen LogP contribution < -0.4 is 15.1 Å². The zero-order valence-corrected chi connectivity index (χ0v) is 16.7. The molecule has 5 nitrogen and oxygen atoms in total. The SMILES string of the molecule is CC(C)(C)Oc1ncc(B2OC(C)(C)C(C)(C)O2)cc1N1CCCC1. The van der Waals surface area contributed by atoms with E-state index >= 15 is 0 Å². The van der Waals surface area contributed by atoms with E-state index in [2.05, 4.69) is 43.6 Å². The van der Waals surface area contributed by atoms with Crippen LogP contribution in [0.5, 0.6) is 5.88 Å². The third-order valence-electron chi connectivity index (χ3n) is 5.23. The van der Waals surface area contributed by atoms with Crippen LogP contribution in [0.3, 0.4) is 0 Å². The standard InChI is InChI=1S/C19H31BN2O3/c1-17(2,3)23-16-15(22-10-8-9-11-22)12-14(13-21-16)20-24-18(4,5)19(6,7)25-20/h12-13H,8-11H2,1-7H3. The summed E-state index contributed by atoms with van der Waals surface area (Å²) in [4.78, 5) is 6.97. The molecule has 6 heteroatoms. The Balaban J connectivity index is 1.93. The van der Waals surface area contributed by atoms with Gasteiger partial charge < -0.3 is 18.9 Å². The lowest BCUT2D eigenvalue weighted by Gasteiger charge is -2.32. The predicted octanol–water partition coefficient (Wildman–Crippen LogP) is 3.16. The summed E-state index contributed by atoms with van der Waals surface area (Å²) >= 11 is 0. The van der Waals surface area contributed by atoms with Gasteiger partial charge in [-0.15, -0.1) is 0 Å². The Kier molecular flexibility index (Phi) is 4.57. The minimum absolute atomic E-state index is 0.284. The Morgan fingerprint density at radius 2 is 1.64 bits per heavy atom. The van der Waals surface area contributed by atoms with E-state index in [0.29, 0.717) is 5.88 Å². The van der Waals surface area contributed by atoms with E-state index in [9.17, 15) is 0 Å². The van der Waals surface area contributed by atoms with E-state index in [0.717, 1.165) is 24.2 Å². The van der Waals surface area contributed by atoms with Crippen LogP contribution in [0.4, 0.5) is 5.69 Å². The number of nitrogens with zero attached hydrogens (tertiary/aromatic N) is 2. The van der Waals surface area contributed by atoms with Crippen molar-refractivity contribution in [1.29, 1.82) is 0 Å². The highest BCUT2D eigenvalue weighted by atomic mass is 16.7. The van der Waals surface area contributed by atoms with Gasteiger partial charge in [0.1, 0.15) is 5.60 Å². The number of aromatic nitrogens is 1. The summed E-state index contributed by atoms with van der Waals surface area (Å²) in [6, 6.07) is 2.13. The van der Waals surface area contributed by atoms with Crippen LogP contribution >= 0.6 is 0 Å². The number of anilines is 1. The van der Waals surface area contributed by atoms with Crippen molar-refractivity contribution in [3.63, 3.8) is 0 Å². The van der Waals surface area contributed by atoms with E-state index in [4.69, 9.17) is 14.0 Å². The quantitative estimate of drug-likeness (QED) is 0.787. The summed E-state index contributed by atoms with van der Waals surface area (Å²) in [6.07, 6.45) is 4.23. The van der Waals surface area contributed by atoms with Crippen LogP contribution in [0.25, 0.3) is 0 Å². The van der Waals surface area contributed by atoms with E-state index < -0.39 is 7.12 Å². The molecule has 0 atom stereocenters. The van der Waals surface area contributed by atoms with Gasteiger partial charge in [0.05, 0.1) is 16.9 Å². The molecule has 2 aliphatic heterocycles. The largest absolute Gasteiger partial charge is 0.496 e. The molecule has 0 bridgehead atoms. The van der Waals surface area contributed by atoms with E-state index in [1.165, 1.54) is 12.8 Å². The highest BCUT2D eigenvalue weighted by molar-refractivity contribution is 6.62. The molecule has 0 unspecified atom stereocenters. The Labute approximate surface area is 152 Å². The number of hydrogen-bond donors (Lipinski definition) is 0. The van der Waals surface area contributed by atoms with Crippen LogP contribution in [0.15, 0.2) is 12.3 Å². The summed E-state index contributed by atoms with van der Waals surface area (Å²) in [7, 11) is -0.400. The molecule has 1 aromatic rings. The molecule has 25 heavy (non-hydrogen) atoms. The highest BCUT2D eigenvalue weighted by Gasteiger charge is 2.52. The minimum Gasteiger partial charge on any atom is -0.470 e. The van der Waals surface area contributed by atoms with E-state index in [-0.39, 0.29) is 16.8 Å². The highest BCUT2D eigenvalue weighted by Crippen LogP contribution is 2.37. The maximum Gasteiger partial charge on any atom is 0.496 e. The van der Waals surface area contributed by atoms with E-state index in [1.807, 2.05) is 27.0 Å². The molecule has 0 amide bonds. The molecule has 2 aliphatic rings. The van der Waals surface area contributed by atoms with Crippen molar-refractivity contribution >= 4 is 18.3 Å². The van der Waals surface area contributed by atoms with Crippen molar-refractivity contribution in [2.24, 2.45) is 0 Å². The summed E-state index contributed by atoms with van der Waals surface area (Å²) in [5.74, 6) is 0.690. The molecule has 1 aromatic heterocycles. The average molecular weight is 346 g/mol. The molecule has 0 aliphatic carbocycles. The van der Waals surface area contributed by atoms with Gasteiger partial charge in [0, 0.05) is 24.7 Å². The fraction of sp³-hybridized carbons (Fsp3) is 0.737. The molecular weight excluding hydrogens is 315 g/mol. The van der Waals surface area contributed by atoms with Gasteiger partial charge in [0.2, 0.25) is 5.88 Å². The first-order valence-electron chi connectivity index (χ1n) is 9.28. The normalized spacial score (nSPS) is 22.5. The Morgan fingerprint density at radius 1 is 1.08 bits per heavy atom. The fourth-order valence-electron chi connectivity index (χ4n) is 3.12. The summed E-state index contributed by atoms with van der Waals surface area (Å²) < 4.78 is 18.5. The lowest BCUT2D eigenvalue weighted by atomic mass is 9.80. The molecular formula is C19H31BN2O3. The van der Waals surface area contributed by atoms with Gasteiger partial charge in [-0.1, -0.05) is 0 Å². The zero-order chi connectivity index (χ0) is 18.5. The smallest absolute Gasteiger partial charge is 0.470 e. The maximum atomic E-state index is 6.19. The van der Waals surface area contributed by atoms with Gasteiger partial charge in [0.15, 0.2) is 0 Å². The molecule has 3 rings (SSSR count). The lowest BCUT2D eigenvalue weighted by Crippen LogP contribution is -2.41. The maximum absolute atomic E-state index is 6.19. The fourth-order valence-corrected chi connectivity index (χ4v) is 3.12. The third kappa shape index (κ3) is 3.80. The number of ether oxygens (including phenoxy) is 1. The van der Waals surface area contributed by atoms with Gasteiger partial charge in [0.25, 0.3) is 0 Å². The van der Waals surface area contributed by atoms with Gasteiger partial charge in [-0.3, -0.25) is 0 Å². The Morgan fingerprint density at radius 3 is 2.16 bits per heavy atom. The molecule has 2 saturated heterocycles. The van der Waals surface area contributed by atoms with Gasteiger partial charge >= 0.3 is 7.12 Å². The monoisotopic (exact) mass is 346 g/mol. The van der Waals surface area contributed by atoms with Crippen molar-refractivity contribution in [2.75, 3.05) is 18.0 Å². The van der Waals surface area contributed by atoms with Crippen molar-refractivity contribution in [3.8, 4) is 5.88 Å². The lowest BCUT2D eigenvalue weighted by molar-refractivity contribution is 0.00578. The Bertz CT molecular complexity index is 618. The van der Waals surface area contributed by atoms with Gasteiger partial charge in [-0.25, -0.2) is 4.98 Å².